The van der Waals surface area contributed by atoms with Crippen molar-refractivity contribution < 1.29 is 9.53 Å². The van der Waals surface area contributed by atoms with Crippen LogP contribution in [-0.4, -0.2) is 59.8 Å². The lowest BCUT2D eigenvalue weighted by Gasteiger charge is -2.44. The highest BCUT2D eigenvalue weighted by molar-refractivity contribution is 5.74. The van der Waals surface area contributed by atoms with Gasteiger partial charge < -0.3 is 19.1 Å². The minimum absolute atomic E-state index is 0.0835. The zero-order chi connectivity index (χ0) is 15.1. The molecule has 2 bridgehead atoms. The number of rotatable bonds is 0. The normalized spacial score (nSPS) is 27.5. The monoisotopic (exact) mass is 303 g/mol. The van der Waals surface area contributed by atoms with Crippen molar-refractivity contribution in [2.45, 2.75) is 18.9 Å². The number of urea groups is 1. The summed E-state index contributed by atoms with van der Waals surface area (Å²) in [6, 6.07) is 5.62. The van der Waals surface area contributed by atoms with Crippen molar-refractivity contribution in [3.05, 3.63) is 34.2 Å². The molecule has 6 heteroatoms. The minimum atomic E-state index is 0.0835. The standard InChI is InChI=1S/C16H21N3O3/c20-15-3-1-2-14-13-8-12(10-19(14)15)9-18(11-13)16(21)17-4-6-22-7-5-17/h1-3,12-13H,4-11H2. The van der Waals surface area contributed by atoms with E-state index in [1.807, 2.05) is 26.5 Å². The van der Waals surface area contributed by atoms with Crippen LogP contribution >= 0.6 is 0 Å². The lowest BCUT2D eigenvalue weighted by atomic mass is 9.83. The second-order valence-corrected chi connectivity index (χ2v) is 6.49. The molecule has 2 unspecified atom stereocenters. The third-order valence-corrected chi connectivity index (χ3v) is 5.03. The Balaban J connectivity index is 1.55. The molecule has 6 nitrogen and oxygen atoms in total. The first-order valence-electron chi connectivity index (χ1n) is 8.04. The number of hydrogen-bond acceptors (Lipinski definition) is 3. The molecule has 0 spiro atoms. The maximum atomic E-state index is 12.7. The third kappa shape index (κ3) is 2.31. The van der Waals surface area contributed by atoms with Crippen molar-refractivity contribution in [1.82, 2.24) is 14.4 Å². The van der Waals surface area contributed by atoms with Crippen molar-refractivity contribution >= 4 is 6.03 Å². The number of amides is 2. The molecule has 0 N–H and O–H groups in total. The van der Waals surface area contributed by atoms with Gasteiger partial charge in [0.25, 0.3) is 5.56 Å². The molecule has 0 aliphatic carbocycles. The lowest BCUT2D eigenvalue weighted by molar-refractivity contribution is 0.0353. The summed E-state index contributed by atoms with van der Waals surface area (Å²) in [6.45, 7) is 4.83. The van der Waals surface area contributed by atoms with Crippen LogP contribution in [0, 0.1) is 5.92 Å². The van der Waals surface area contributed by atoms with Crippen molar-refractivity contribution in [2.75, 3.05) is 39.4 Å². The number of fused-ring (bicyclic) bond motifs is 4. The van der Waals surface area contributed by atoms with E-state index in [1.165, 1.54) is 0 Å². The first-order chi connectivity index (χ1) is 10.7. The van der Waals surface area contributed by atoms with E-state index in [2.05, 4.69) is 0 Å². The number of carbonyl (C=O) groups is 1. The second-order valence-electron chi connectivity index (χ2n) is 6.49. The molecule has 0 saturated carbocycles. The molecule has 1 aromatic heterocycles. The Morgan fingerprint density at radius 2 is 1.91 bits per heavy atom. The van der Waals surface area contributed by atoms with E-state index in [0.717, 1.165) is 31.7 Å². The molecule has 0 aromatic carbocycles. The Hall–Kier alpha value is -1.82. The van der Waals surface area contributed by atoms with Crippen LogP contribution in [0.3, 0.4) is 0 Å². The van der Waals surface area contributed by atoms with Gasteiger partial charge in [-0.25, -0.2) is 4.79 Å². The van der Waals surface area contributed by atoms with Gasteiger partial charge in [-0.1, -0.05) is 6.07 Å². The summed E-state index contributed by atoms with van der Waals surface area (Å²) in [5.41, 5.74) is 1.17. The van der Waals surface area contributed by atoms with Gasteiger partial charge in [-0.3, -0.25) is 4.79 Å². The first kappa shape index (κ1) is 13.8. The fraction of sp³-hybridized carbons (Fsp3) is 0.625. The van der Waals surface area contributed by atoms with E-state index in [9.17, 15) is 9.59 Å². The predicted octanol–water partition coefficient (Wildman–Crippen LogP) is 0.720. The molecule has 3 aliphatic rings. The van der Waals surface area contributed by atoms with Crippen LogP contribution in [0.25, 0.3) is 0 Å². The Morgan fingerprint density at radius 1 is 1.09 bits per heavy atom. The zero-order valence-corrected chi connectivity index (χ0v) is 12.6. The Morgan fingerprint density at radius 3 is 2.73 bits per heavy atom. The molecule has 4 rings (SSSR count). The largest absolute Gasteiger partial charge is 0.378 e. The topological polar surface area (TPSA) is 54.8 Å². The Labute approximate surface area is 129 Å². The van der Waals surface area contributed by atoms with Crippen molar-refractivity contribution in [2.24, 2.45) is 5.92 Å². The number of likely N-dealkylation sites (tertiary alicyclic amines) is 1. The number of carbonyl (C=O) groups excluding carboxylic acids is 1. The van der Waals surface area contributed by atoms with Crippen molar-refractivity contribution in [1.29, 1.82) is 0 Å². The SMILES string of the molecule is O=C(N1CCOCC1)N1CC2CC(C1)c1cccc(=O)n1C2. The van der Waals surface area contributed by atoms with Gasteiger partial charge in [0.1, 0.15) is 0 Å². The Bertz CT molecular complexity index is 636. The number of morpholine rings is 1. The minimum Gasteiger partial charge on any atom is -0.378 e. The van der Waals surface area contributed by atoms with E-state index in [4.69, 9.17) is 4.74 Å². The second kappa shape index (κ2) is 5.43. The third-order valence-electron chi connectivity index (χ3n) is 5.03. The highest BCUT2D eigenvalue weighted by Gasteiger charge is 2.37. The lowest BCUT2D eigenvalue weighted by Crippen LogP contribution is -2.54. The molecular weight excluding hydrogens is 282 g/mol. The van der Waals surface area contributed by atoms with Crippen molar-refractivity contribution in [3.63, 3.8) is 0 Å². The van der Waals surface area contributed by atoms with Crippen LogP contribution in [0.2, 0.25) is 0 Å². The van der Waals surface area contributed by atoms with E-state index in [1.54, 1.807) is 6.07 Å². The summed E-state index contributed by atoms with van der Waals surface area (Å²) in [5, 5.41) is 0. The molecular formula is C16H21N3O3. The molecule has 4 heterocycles. The summed E-state index contributed by atoms with van der Waals surface area (Å²) in [6.07, 6.45) is 1.08. The first-order valence-corrected chi connectivity index (χ1v) is 8.04. The molecule has 2 amide bonds. The summed E-state index contributed by atoms with van der Waals surface area (Å²) in [7, 11) is 0. The van der Waals surface area contributed by atoms with Gasteiger partial charge in [0.2, 0.25) is 0 Å². The van der Waals surface area contributed by atoms with Gasteiger partial charge >= 0.3 is 6.03 Å². The van der Waals surface area contributed by atoms with Gasteiger partial charge in [-0.2, -0.15) is 0 Å². The van der Waals surface area contributed by atoms with Crippen LogP contribution < -0.4 is 5.56 Å². The average molecular weight is 303 g/mol. The summed E-state index contributed by atoms with van der Waals surface area (Å²) >= 11 is 0. The van der Waals surface area contributed by atoms with Crippen LogP contribution in [0.4, 0.5) is 4.79 Å². The van der Waals surface area contributed by atoms with Crippen LogP contribution in [0.15, 0.2) is 23.0 Å². The molecule has 1 aromatic rings. The smallest absolute Gasteiger partial charge is 0.320 e. The van der Waals surface area contributed by atoms with E-state index < -0.39 is 0 Å². The fourth-order valence-corrected chi connectivity index (χ4v) is 4.01. The summed E-state index contributed by atoms with van der Waals surface area (Å²) in [5.74, 6) is 0.669. The van der Waals surface area contributed by atoms with E-state index >= 15 is 0 Å². The fourth-order valence-electron chi connectivity index (χ4n) is 4.01. The van der Waals surface area contributed by atoms with Gasteiger partial charge in [0, 0.05) is 50.4 Å². The molecule has 0 radical (unpaired) electrons. The average Bonchev–Trinajstić information content (AvgIpc) is 2.56. The maximum Gasteiger partial charge on any atom is 0.320 e. The van der Waals surface area contributed by atoms with E-state index in [0.29, 0.717) is 32.2 Å². The number of aromatic nitrogens is 1. The van der Waals surface area contributed by atoms with Crippen LogP contribution in [-0.2, 0) is 11.3 Å². The number of pyridine rings is 1. The van der Waals surface area contributed by atoms with Crippen LogP contribution in [0.1, 0.15) is 18.0 Å². The number of nitrogens with zero attached hydrogens (tertiary/aromatic N) is 3. The maximum absolute atomic E-state index is 12.7. The predicted molar refractivity (Wildman–Crippen MR) is 80.9 cm³/mol. The number of ether oxygens (including phenoxy) is 1. The quantitative estimate of drug-likeness (QED) is 0.709. The van der Waals surface area contributed by atoms with Gasteiger partial charge in [-0.05, 0) is 18.4 Å². The van der Waals surface area contributed by atoms with Gasteiger partial charge in [0.15, 0.2) is 0 Å². The highest BCUT2D eigenvalue weighted by atomic mass is 16.5. The molecule has 2 fully saturated rings. The molecule has 2 saturated heterocycles. The Kier molecular flexibility index (Phi) is 3.41. The van der Waals surface area contributed by atoms with Gasteiger partial charge in [0.05, 0.1) is 13.2 Å². The highest BCUT2D eigenvalue weighted by Crippen LogP contribution is 2.35. The number of piperidine rings is 1. The van der Waals surface area contributed by atoms with Crippen molar-refractivity contribution in [3.8, 4) is 0 Å². The van der Waals surface area contributed by atoms with Crippen LogP contribution in [0.5, 0.6) is 0 Å². The van der Waals surface area contributed by atoms with E-state index in [-0.39, 0.29) is 17.5 Å². The summed E-state index contributed by atoms with van der Waals surface area (Å²) < 4.78 is 7.22. The number of hydrogen-bond donors (Lipinski definition) is 0. The molecule has 22 heavy (non-hydrogen) atoms. The van der Waals surface area contributed by atoms with Gasteiger partial charge in [-0.15, -0.1) is 0 Å². The molecule has 2 atom stereocenters. The molecule has 118 valence electrons. The summed E-state index contributed by atoms with van der Waals surface area (Å²) in [4.78, 5) is 28.6. The molecule has 3 aliphatic heterocycles. The zero-order valence-electron chi connectivity index (χ0n) is 12.6.